The average Bonchev–Trinajstić information content (AvgIpc) is 3.80. The standard InChI is InChI=1S/C45H70O17/c1-21-32-28(61-45(21)14-13-42(4,62-45)20-56-31(49)18-41(3,55)17-30(47)48)16-27-25-8-7-23-15-24(9-11-43(23,5)26(25)10-12-44(27,32)6)58-40-38(36(53)34(51)29(19-46)59-40)60-39-37(54)35(52)33(50)22(2)57-39/h7,21-22,24-29,32-40,46,50-55H,8-20H2,1-6H3,(H,47,48)/t21-,22-,24-,25+,26-,27-,28-,29+,32-,33-,34+,35+,36-,37+,38+,39-,40+,41-,42-,43-,44-,45-/m0/s1. The van der Waals surface area contributed by atoms with Gasteiger partial charge < -0.3 is 74.0 Å². The van der Waals surface area contributed by atoms with Gasteiger partial charge in [-0.3, -0.25) is 9.59 Å². The highest BCUT2D eigenvalue weighted by molar-refractivity contribution is 5.73. The molecular weight excluding hydrogens is 812 g/mol. The minimum atomic E-state index is -1.71. The Morgan fingerprint density at radius 1 is 0.871 bits per heavy atom. The van der Waals surface area contributed by atoms with Gasteiger partial charge in [0.15, 0.2) is 18.4 Å². The molecular formula is C45H70O17. The minimum absolute atomic E-state index is 0.0169. The SMILES string of the molecule is C[C@@H]1O[C@@H](O[C@H]2[C@H](O[C@H]3CC[C@@]4(C)C(=CC[C@H]5[C@@H]6C[C@@H]7O[C@]8(CC[C@@](C)(COC(=O)C[C@@](C)(O)CC(=O)O)O8)[C@@H](C)[C@@H]7[C@@]6(C)CC[C@@H]54)C3)O[C@H](CO)[C@@H](O)[C@@H]2O)[C@H](O)[C@H](O)[C@H]1O. The molecule has 7 fully saturated rings. The van der Waals surface area contributed by atoms with Gasteiger partial charge in [0.05, 0.1) is 43.4 Å². The second-order valence-corrected chi connectivity index (χ2v) is 21.3. The topological polar surface area (TPSA) is 261 Å². The van der Waals surface area contributed by atoms with Crippen LogP contribution in [0.15, 0.2) is 11.6 Å². The zero-order valence-corrected chi connectivity index (χ0v) is 36.8. The molecule has 17 heteroatoms. The summed E-state index contributed by atoms with van der Waals surface area (Å²) in [6.45, 7) is 11.2. The maximum atomic E-state index is 12.6. The van der Waals surface area contributed by atoms with Crippen molar-refractivity contribution in [1.82, 2.24) is 0 Å². The van der Waals surface area contributed by atoms with E-state index in [0.29, 0.717) is 49.4 Å². The van der Waals surface area contributed by atoms with Crippen LogP contribution in [-0.2, 0) is 42.7 Å². The highest BCUT2D eigenvalue weighted by atomic mass is 16.8. The fourth-order valence-corrected chi connectivity index (χ4v) is 13.6. The van der Waals surface area contributed by atoms with Crippen molar-refractivity contribution in [2.24, 2.45) is 40.4 Å². The van der Waals surface area contributed by atoms with E-state index in [1.807, 2.05) is 6.92 Å². The number of fused-ring (bicyclic) bond motifs is 7. The van der Waals surface area contributed by atoms with E-state index in [0.717, 1.165) is 32.1 Å². The summed E-state index contributed by atoms with van der Waals surface area (Å²) >= 11 is 0. The van der Waals surface area contributed by atoms with Gasteiger partial charge in [-0.15, -0.1) is 0 Å². The molecule has 352 valence electrons. The zero-order valence-electron chi connectivity index (χ0n) is 36.8. The van der Waals surface area contributed by atoms with E-state index in [9.17, 15) is 45.3 Å². The van der Waals surface area contributed by atoms with Crippen LogP contribution >= 0.6 is 0 Å². The number of rotatable bonds is 11. The molecule has 17 nitrogen and oxygen atoms in total. The lowest BCUT2D eigenvalue weighted by atomic mass is 9.47. The van der Waals surface area contributed by atoms with E-state index in [1.165, 1.54) is 19.4 Å². The lowest BCUT2D eigenvalue weighted by Crippen LogP contribution is -2.64. The lowest BCUT2D eigenvalue weighted by Gasteiger charge is -2.58. The molecule has 0 aromatic heterocycles. The Labute approximate surface area is 363 Å². The van der Waals surface area contributed by atoms with Crippen molar-refractivity contribution < 1.29 is 83.6 Å². The molecule has 0 aromatic rings. The van der Waals surface area contributed by atoms with Crippen LogP contribution in [-0.4, -0.2) is 157 Å². The first-order chi connectivity index (χ1) is 29.0. The number of allylic oxidation sites excluding steroid dienone is 1. The summed E-state index contributed by atoms with van der Waals surface area (Å²) in [5.41, 5.74) is -1.17. The van der Waals surface area contributed by atoms with Crippen molar-refractivity contribution in [2.45, 2.75) is 203 Å². The summed E-state index contributed by atoms with van der Waals surface area (Å²) in [5.74, 6) is -0.850. The first-order valence-electron chi connectivity index (χ1n) is 22.8. The highest BCUT2D eigenvalue weighted by Crippen LogP contribution is 2.71. The molecule has 0 bridgehead atoms. The fourth-order valence-electron chi connectivity index (χ4n) is 13.6. The molecule has 8 aliphatic rings. The molecule has 62 heavy (non-hydrogen) atoms. The van der Waals surface area contributed by atoms with Crippen molar-refractivity contribution in [2.75, 3.05) is 13.2 Å². The van der Waals surface area contributed by atoms with E-state index in [4.69, 9.17) is 38.3 Å². The molecule has 0 radical (unpaired) electrons. The first-order valence-corrected chi connectivity index (χ1v) is 22.8. The summed E-state index contributed by atoms with van der Waals surface area (Å²) in [5, 5.41) is 82.6. The molecule has 22 atom stereocenters. The number of aliphatic hydroxyl groups excluding tert-OH is 6. The van der Waals surface area contributed by atoms with Crippen LogP contribution in [0.25, 0.3) is 0 Å². The predicted octanol–water partition coefficient (Wildman–Crippen LogP) is 1.67. The second kappa shape index (κ2) is 16.8. The third-order valence-electron chi connectivity index (χ3n) is 17.0. The molecule has 8 N–H and O–H groups in total. The molecule has 0 amide bonds. The number of aliphatic hydroxyl groups is 7. The molecule has 4 saturated heterocycles. The smallest absolute Gasteiger partial charge is 0.308 e. The Bertz CT molecular complexity index is 1710. The summed E-state index contributed by atoms with van der Waals surface area (Å²) in [7, 11) is 0. The van der Waals surface area contributed by atoms with Crippen LogP contribution in [0.2, 0.25) is 0 Å². The van der Waals surface area contributed by atoms with E-state index in [2.05, 4.69) is 26.8 Å². The monoisotopic (exact) mass is 882 g/mol. The fraction of sp³-hybridized carbons (Fsp3) is 0.911. The quantitative estimate of drug-likeness (QED) is 0.108. The van der Waals surface area contributed by atoms with Gasteiger partial charge in [-0.2, -0.15) is 0 Å². The number of carboxylic acids is 1. The molecule has 4 aliphatic carbocycles. The Morgan fingerprint density at radius 2 is 1.61 bits per heavy atom. The Kier molecular flexibility index (Phi) is 12.6. The average molecular weight is 883 g/mol. The molecule has 1 spiro atoms. The van der Waals surface area contributed by atoms with Crippen molar-refractivity contribution >= 4 is 11.9 Å². The third kappa shape index (κ3) is 8.10. The zero-order chi connectivity index (χ0) is 44.9. The molecule has 0 unspecified atom stereocenters. The van der Waals surface area contributed by atoms with E-state index < -0.39 is 110 Å². The number of ether oxygens (including phenoxy) is 7. The molecule has 0 aromatic carbocycles. The summed E-state index contributed by atoms with van der Waals surface area (Å²) in [6, 6.07) is 0. The predicted molar refractivity (Wildman–Crippen MR) is 214 cm³/mol. The van der Waals surface area contributed by atoms with Crippen molar-refractivity contribution in [1.29, 1.82) is 0 Å². The van der Waals surface area contributed by atoms with Gasteiger partial charge in [0.2, 0.25) is 0 Å². The van der Waals surface area contributed by atoms with Gasteiger partial charge in [0.1, 0.15) is 54.9 Å². The Balaban J connectivity index is 0.910. The maximum absolute atomic E-state index is 12.6. The van der Waals surface area contributed by atoms with Crippen LogP contribution in [0, 0.1) is 40.4 Å². The van der Waals surface area contributed by atoms with E-state index in [1.54, 1.807) is 0 Å². The van der Waals surface area contributed by atoms with Gasteiger partial charge in [0.25, 0.3) is 0 Å². The summed E-state index contributed by atoms with van der Waals surface area (Å²) in [6.07, 6.45) is -5.11. The van der Waals surface area contributed by atoms with Gasteiger partial charge in [-0.05, 0) is 107 Å². The van der Waals surface area contributed by atoms with E-state index >= 15 is 0 Å². The van der Waals surface area contributed by atoms with Gasteiger partial charge in [-0.1, -0.05) is 32.4 Å². The van der Waals surface area contributed by atoms with Gasteiger partial charge >= 0.3 is 11.9 Å². The van der Waals surface area contributed by atoms with Crippen LogP contribution in [0.1, 0.15) is 112 Å². The van der Waals surface area contributed by atoms with Crippen molar-refractivity contribution in [3.63, 3.8) is 0 Å². The summed E-state index contributed by atoms with van der Waals surface area (Å²) < 4.78 is 43.5. The third-order valence-corrected chi connectivity index (χ3v) is 17.0. The Morgan fingerprint density at radius 3 is 2.32 bits per heavy atom. The molecule has 4 aliphatic heterocycles. The largest absolute Gasteiger partial charge is 0.481 e. The Hall–Kier alpha value is -1.84. The molecule has 3 saturated carbocycles. The maximum Gasteiger partial charge on any atom is 0.308 e. The number of carboxylic acid groups (broad SMARTS) is 1. The van der Waals surface area contributed by atoms with Crippen molar-refractivity contribution in [3.8, 4) is 0 Å². The van der Waals surface area contributed by atoms with Gasteiger partial charge in [-0.25, -0.2) is 0 Å². The number of esters is 1. The number of hydrogen-bond donors (Lipinski definition) is 8. The number of hydrogen-bond acceptors (Lipinski definition) is 16. The number of carbonyl (C=O) groups is 2. The van der Waals surface area contributed by atoms with Crippen LogP contribution < -0.4 is 0 Å². The lowest BCUT2D eigenvalue weighted by molar-refractivity contribution is -0.369. The van der Waals surface area contributed by atoms with Crippen molar-refractivity contribution in [3.05, 3.63) is 11.6 Å². The van der Waals surface area contributed by atoms with Gasteiger partial charge in [0, 0.05) is 12.3 Å². The van der Waals surface area contributed by atoms with Crippen LogP contribution in [0.5, 0.6) is 0 Å². The minimum Gasteiger partial charge on any atom is -0.481 e. The second-order valence-electron chi connectivity index (χ2n) is 21.3. The molecule has 8 rings (SSSR count). The first kappa shape index (κ1) is 46.7. The van der Waals surface area contributed by atoms with E-state index in [-0.39, 0.29) is 35.6 Å². The highest BCUT2D eigenvalue weighted by Gasteiger charge is 2.70. The number of aliphatic carboxylic acids is 1. The summed E-state index contributed by atoms with van der Waals surface area (Å²) in [4.78, 5) is 23.7. The molecule has 4 heterocycles. The number of carbonyl (C=O) groups excluding carboxylic acids is 1. The van der Waals surface area contributed by atoms with Crippen LogP contribution in [0.4, 0.5) is 0 Å². The van der Waals surface area contributed by atoms with Crippen LogP contribution in [0.3, 0.4) is 0 Å². The normalized spacial score (nSPS) is 52.0.